The predicted molar refractivity (Wildman–Crippen MR) is 193 cm³/mol. The van der Waals surface area contributed by atoms with Gasteiger partial charge in [0.2, 0.25) is 23.0 Å². The van der Waals surface area contributed by atoms with Gasteiger partial charge in [0.05, 0.1) is 33.1 Å². The number of piperidine rings is 1. The lowest BCUT2D eigenvalue weighted by Crippen LogP contribution is -2.44. The molecule has 3 aromatic carbocycles. The second kappa shape index (κ2) is 17.2. The predicted octanol–water partition coefficient (Wildman–Crippen LogP) is 5.62. The zero-order valence-corrected chi connectivity index (χ0v) is 29.2. The van der Waals surface area contributed by atoms with Crippen LogP contribution in [0.15, 0.2) is 59.4 Å². The Morgan fingerprint density at radius 2 is 1.61 bits per heavy atom. The standard InChI is InChI=1S/C39H50N4O6/c1-26(44)41-32-16-14-28-23-35(47-2)38(48-3)39(49-4)37(28)30-15-17-33(34(45)24-31(30)32)40-20-10-6-9-13-36(46)42-29-18-21-43(22-19-29)25-27-11-7-5-8-12-27/h5,7-8,11-12,15,17,23-24,29,32H,6,9-10,13-14,16,18-22,25H2,1-4H3,(H,40,45)(H,41,44)(H,42,46)/t32-/m1/s1. The first-order chi connectivity index (χ1) is 23.8. The Bertz CT molecular complexity index is 1660. The van der Waals surface area contributed by atoms with Crippen LogP contribution in [0.2, 0.25) is 0 Å². The first-order valence-corrected chi connectivity index (χ1v) is 17.4. The van der Waals surface area contributed by atoms with Gasteiger partial charge in [0.25, 0.3) is 0 Å². The third kappa shape index (κ3) is 9.12. The Hall–Kier alpha value is -4.57. The second-order valence-corrected chi connectivity index (χ2v) is 12.9. The maximum Gasteiger partial charge on any atom is 0.220 e. The number of nitrogens with one attached hydrogen (secondary N) is 3. The largest absolute Gasteiger partial charge is 0.493 e. The van der Waals surface area contributed by atoms with Crippen molar-refractivity contribution in [3.8, 4) is 28.4 Å². The summed E-state index contributed by atoms with van der Waals surface area (Å²) >= 11 is 0. The van der Waals surface area contributed by atoms with E-state index in [1.54, 1.807) is 33.5 Å². The van der Waals surface area contributed by atoms with Crippen LogP contribution < -0.4 is 35.6 Å². The summed E-state index contributed by atoms with van der Waals surface area (Å²) in [5.41, 5.74) is 4.97. The van der Waals surface area contributed by atoms with E-state index in [9.17, 15) is 14.4 Å². The average Bonchev–Trinajstić information content (AvgIpc) is 3.34. The highest BCUT2D eigenvalue weighted by atomic mass is 16.5. The summed E-state index contributed by atoms with van der Waals surface area (Å²) in [5, 5.41) is 9.59. The van der Waals surface area contributed by atoms with Crippen LogP contribution in [-0.2, 0) is 22.6 Å². The molecule has 10 heteroatoms. The van der Waals surface area contributed by atoms with Gasteiger partial charge in [-0.2, -0.15) is 0 Å². The van der Waals surface area contributed by atoms with Crippen molar-refractivity contribution in [3.63, 3.8) is 0 Å². The molecule has 0 aromatic heterocycles. The van der Waals surface area contributed by atoms with Crippen LogP contribution >= 0.6 is 0 Å². The minimum absolute atomic E-state index is 0.117. The lowest BCUT2D eigenvalue weighted by Gasteiger charge is -2.32. The molecule has 1 saturated heterocycles. The number of carbonyl (C=O) groups is 2. The van der Waals surface area contributed by atoms with E-state index < -0.39 is 0 Å². The molecule has 0 saturated carbocycles. The van der Waals surface area contributed by atoms with Gasteiger partial charge >= 0.3 is 0 Å². The fourth-order valence-electron chi connectivity index (χ4n) is 7.04. The van der Waals surface area contributed by atoms with Crippen molar-refractivity contribution < 1.29 is 23.8 Å². The summed E-state index contributed by atoms with van der Waals surface area (Å²) in [6.45, 7) is 5.02. The van der Waals surface area contributed by atoms with Gasteiger partial charge in [0.15, 0.2) is 11.5 Å². The second-order valence-electron chi connectivity index (χ2n) is 12.9. The molecule has 0 radical (unpaired) electrons. The number of aryl methyl sites for hydroxylation is 1. The zero-order valence-electron chi connectivity index (χ0n) is 29.2. The van der Waals surface area contributed by atoms with Gasteiger partial charge in [-0.15, -0.1) is 0 Å². The summed E-state index contributed by atoms with van der Waals surface area (Å²) in [5.74, 6) is 1.50. The highest BCUT2D eigenvalue weighted by Gasteiger charge is 2.29. The Morgan fingerprint density at radius 3 is 2.31 bits per heavy atom. The number of ether oxygens (including phenoxy) is 3. The molecule has 1 atom stereocenters. The number of hydrogen-bond donors (Lipinski definition) is 3. The first-order valence-electron chi connectivity index (χ1n) is 17.4. The molecular formula is C39H50N4O6. The molecule has 262 valence electrons. The van der Waals surface area contributed by atoms with E-state index in [1.807, 2.05) is 18.2 Å². The number of nitrogens with zero attached hydrogens (tertiary/aromatic N) is 1. The van der Waals surface area contributed by atoms with E-state index >= 15 is 0 Å². The molecule has 1 aliphatic heterocycles. The maximum atomic E-state index is 13.5. The highest BCUT2D eigenvalue weighted by Crippen LogP contribution is 2.50. The molecule has 0 bridgehead atoms. The van der Waals surface area contributed by atoms with Gasteiger partial charge in [-0.1, -0.05) is 42.8 Å². The quantitative estimate of drug-likeness (QED) is 0.189. The van der Waals surface area contributed by atoms with Crippen LogP contribution in [0.25, 0.3) is 11.1 Å². The van der Waals surface area contributed by atoms with Gasteiger partial charge in [0, 0.05) is 51.1 Å². The third-order valence-corrected chi connectivity index (χ3v) is 9.51. The van der Waals surface area contributed by atoms with E-state index in [0.717, 1.165) is 74.0 Å². The molecule has 1 fully saturated rings. The van der Waals surface area contributed by atoms with Gasteiger partial charge in [-0.25, -0.2) is 0 Å². The number of hydrogen-bond acceptors (Lipinski definition) is 8. The average molecular weight is 671 g/mol. The van der Waals surface area contributed by atoms with E-state index in [1.165, 1.54) is 12.5 Å². The van der Waals surface area contributed by atoms with E-state index in [-0.39, 0.29) is 29.3 Å². The summed E-state index contributed by atoms with van der Waals surface area (Å²) in [7, 11) is 4.74. The normalized spacial score (nSPS) is 16.0. The molecular weight excluding hydrogens is 620 g/mol. The smallest absolute Gasteiger partial charge is 0.220 e. The fourth-order valence-corrected chi connectivity index (χ4v) is 7.04. The molecule has 0 unspecified atom stereocenters. The van der Waals surface area contributed by atoms with Crippen molar-refractivity contribution in [2.45, 2.75) is 76.9 Å². The van der Waals surface area contributed by atoms with E-state index in [0.29, 0.717) is 48.7 Å². The molecule has 2 aliphatic rings. The number of methoxy groups -OCH3 is 3. The topological polar surface area (TPSA) is 118 Å². The SMILES string of the molecule is COc1cc2c(c(OC)c1OC)-c1ccc(NCCCCCC(=O)NC3CCN(Cc4ccccc4)CC3)c(=O)cc1[C@H](NC(C)=O)CC2. The van der Waals surface area contributed by atoms with Crippen molar-refractivity contribution >= 4 is 17.5 Å². The summed E-state index contributed by atoms with van der Waals surface area (Å²) in [6.07, 6.45) is 6.19. The van der Waals surface area contributed by atoms with Crippen LogP contribution in [0.4, 0.5) is 5.69 Å². The zero-order chi connectivity index (χ0) is 34.8. The van der Waals surface area contributed by atoms with Crippen molar-refractivity contribution in [1.82, 2.24) is 15.5 Å². The third-order valence-electron chi connectivity index (χ3n) is 9.51. The van der Waals surface area contributed by atoms with Gasteiger partial charge in [-0.05, 0) is 79.0 Å². The minimum atomic E-state index is -0.359. The Balaban J connectivity index is 1.17. The molecule has 2 amide bonds. The van der Waals surface area contributed by atoms with Crippen molar-refractivity contribution in [2.24, 2.45) is 0 Å². The molecule has 5 rings (SSSR count). The van der Waals surface area contributed by atoms with Crippen LogP contribution in [0, 0.1) is 0 Å². The van der Waals surface area contributed by atoms with Gasteiger partial charge < -0.3 is 30.2 Å². The molecule has 49 heavy (non-hydrogen) atoms. The van der Waals surface area contributed by atoms with Crippen LogP contribution in [0.3, 0.4) is 0 Å². The van der Waals surface area contributed by atoms with Gasteiger partial charge in [0.1, 0.15) is 0 Å². The Morgan fingerprint density at radius 1 is 0.857 bits per heavy atom. The molecule has 1 heterocycles. The number of rotatable bonds is 14. The number of likely N-dealkylation sites (tertiary alicyclic amines) is 1. The number of amides is 2. The maximum absolute atomic E-state index is 13.5. The lowest BCUT2D eigenvalue weighted by molar-refractivity contribution is -0.122. The molecule has 1 aliphatic carbocycles. The Labute approximate surface area is 289 Å². The molecule has 0 spiro atoms. The number of unbranched alkanes of at least 4 members (excludes halogenated alkanes) is 2. The Kier molecular flexibility index (Phi) is 12.5. The van der Waals surface area contributed by atoms with Crippen LogP contribution in [0.1, 0.15) is 74.6 Å². The monoisotopic (exact) mass is 670 g/mol. The van der Waals surface area contributed by atoms with Gasteiger partial charge in [-0.3, -0.25) is 19.3 Å². The number of carbonyl (C=O) groups excluding carboxylic acids is 2. The number of fused-ring (bicyclic) bond motifs is 3. The summed E-state index contributed by atoms with van der Waals surface area (Å²) in [4.78, 5) is 40.8. The first kappa shape index (κ1) is 35.7. The summed E-state index contributed by atoms with van der Waals surface area (Å²) < 4.78 is 17.2. The number of benzene rings is 2. The lowest BCUT2D eigenvalue weighted by atomic mass is 9.95. The fraction of sp³-hybridized carbons (Fsp3) is 0.462. The van der Waals surface area contributed by atoms with E-state index in [2.05, 4.69) is 45.1 Å². The molecule has 10 nitrogen and oxygen atoms in total. The van der Waals surface area contributed by atoms with Crippen molar-refractivity contribution in [2.75, 3.05) is 46.3 Å². The number of anilines is 1. The highest BCUT2D eigenvalue weighted by molar-refractivity contribution is 5.83. The molecule has 3 N–H and O–H groups in total. The minimum Gasteiger partial charge on any atom is -0.493 e. The van der Waals surface area contributed by atoms with Crippen LogP contribution in [-0.4, -0.2) is 63.7 Å². The van der Waals surface area contributed by atoms with Crippen molar-refractivity contribution in [3.05, 3.63) is 81.5 Å². The molecule has 3 aromatic rings. The summed E-state index contributed by atoms with van der Waals surface area (Å²) in [6, 6.07) is 17.7. The van der Waals surface area contributed by atoms with Crippen molar-refractivity contribution in [1.29, 1.82) is 0 Å². The van der Waals surface area contributed by atoms with E-state index in [4.69, 9.17) is 14.2 Å². The van der Waals surface area contributed by atoms with Crippen LogP contribution in [0.5, 0.6) is 17.2 Å².